The molecule has 2 heterocycles. The lowest BCUT2D eigenvalue weighted by Crippen LogP contribution is -2.34. The smallest absolute Gasteiger partial charge is 0.264 e. The zero-order valence-electron chi connectivity index (χ0n) is 14.7. The molecule has 0 spiro atoms. The zero-order valence-corrected chi connectivity index (χ0v) is 15.5. The van der Waals surface area contributed by atoms with Crippen molar-refractivity contribution in [3.8, 4) is 0 Å². The standard InChI is InChI=1S/C16H18N6O4S/c1-10(11-3-5-12(6-4-11)27(17,25)26)20-14(23)8-22-9-18-15-13(16(22)24)7-19-21(15)2/h3-7,9-10H,8H2,1-2H3,(H,20,23)(H2,17,25,26). The van der Waals surface area contributed by atoms with E-state index < -0.39 is 16.1 Å². The average Bonchev–Trinajstić information content (AvgIpc) is 2.98. The number of sulfonamides is 1. The number of rotatable bonds is 5. The molecule has 0 saturated carbocycles. The molecule has 0 aliphatic heterocycles. The topological polar surface area (TPSA) is 142 Å². The van der Waals surface area contributed by atoms with Crippen LogP contribution in [0.5, 0.6) is 0 Å². The van der Waals surface area contributed by atoms with Crippen molar-refractivity contribution >= 4 is 27.0 Å². The van der Waals surface area contributed by atoms with Crippen molar-refractivity contribution in [1.82, 2.24) is 24.6 Å². The fraction of sp³-hybridized carbons (Fsp3) is 0.250. The molecule has 1 unspecified atom stereocenters. The van der Waals surface area contributed by atoms with Crippen LogP contribution in [-0.2, 0) is 28.4 Å². The summed E-state index contributed by atoms with van der Waals surface area (Å²) in [7, 11) is -2.09. The van der Waals surface area contributed by atoms with E-state index in [0.717, 1.165) is 0 Å². The second kappa shape index (κ2) is 6.93. The van der Waals surface area contributed by atoms with Crippen LogP contribution >= 0.6 is 0 Å². The normalized spacial score (nSPS) is 12.9. The maximum absolute atomic E-state index is 12.4. The van der Waals surface area contributed by atoms with Crippen molar-refractivity contribution in [3.63, 3.8) is 0 Å². The Morgan fingerprint density at radius 2 is 1.96 bits per heavy atom. The van der Waals surface area contributed by atoms with E-state index in [1.807, 2.05) is 0 Å². The van der Waals surface area contributed by atoms with Crippen molar-refractivity contribution in [3.05, 3.63) is 52.7 Å². The number of benzene rings is 1. The molecule has 0 aliphatic rings. The van der Waals surface area contributed by atoms with Crippen molar-refractivity contribution in [2.75, 3.05) is 0 Å². The molecule has 11 heteroatoms. The molecule has 3 aromatic rings. The third-order valence-corrected chi connectivity index (χ3v) is 5.05. The molecule has 2 aromatic heterocycles. The molecule has 3 rings (SSSR count). The molecule has 27 heavy (non-hydrogen) atoms. The summed E-state index contributed by atoms with van der Waals surface area (Å²) in [5.74, 6) is -0.384. The van der Waals surface area contributed by atoms with Gasteiger partial charge in [0.15, 0.2) is 5.65 Å². The van der Waals surface area contributed by atoms with E-state index in [9.17, 15) is 18.0 Å². The number of carbonyl (C=O) groups is 1. The molecule has 1 atom stereocenters. The molecule has 0 saturated heterocycles. The summed E-state index contributed by atoms with van der Waals surface area (Å²) >= 11 is 0. The van der Waals surface area contributed by atoms with Gasteiger partial charge in [0.05, 0.1) is 17.1 Å². The number of hydrogen-bond donors (Lipinski definition) is 2. The van der Waals surface area contributed by atoms with Gasteiger partial charge >= 0.3 is 0 Å². The largest absolute Gasteiger partial charge is 0.348 e. The van der Waals surface area contributed by atoms with Crippen molar-refractivity contribution in [2.45, 2.75) is 24.4 Å². The summed E-state index contributed by atoms with van der Waals surface area (Å²) in [6.45, 7) is 1.55. The minimum atomic E-state index is -3.77. The van der Waals surface area contributed by atoms with Gasteiger partial charge in [-0.1, -0.05) is 12.1 Å². The van der Waals surface area contributed by atoms with Crippen LogP contribution in [0.2, 0.25) is 0 Å². The number of amides is 1. The van der Waals surface area contributed by atoms with Gasteiger partial charge in [-0.3, -0.25) is 18.8 Å². The lowest BCUT2D eigenvalue weighted by molar-refractivity contribution is -0.122. The highest BCUT2D eigenvalue weighted by molar-refractivity contribution is 7.89. The number of nitrogens with zero attached hydrogens (tertiary/aromatic N) is 4. The predicted molar refractivity (Wildman–Crippen MR) is 97.1 cm³/mol. The summed E-state index contributed by atoms with van der Waals surface area (Å²) in [6, 6.07) is 5.49. The molecule has 142 valence electrons. The number of nitrogens with two attached hydrogens (primary N) is 1. The van der Waals surface area contributed by atoms with Crippen LogP contribution in [0, 0.1) is 0 Å². The molecule has 1 amide bonds. The lowest BCUT2D eigenvalue weighted by atomic mass is 10.1. The SMILES string of the molecule is CC(NC(=O)Cn1cnc2c(cnn2C)c1=O)c1ccc(S(N)(=O)=O)cc1. The van der Waals surface area contributed by atoms with Crippen LogP contribution < -0.4 is 16.0 Å². The quantitative estimate of drug-likeness (QED) is 0.610. The number of aromatic nitrogens is 4. The Labute approximate surface area is 154 Å². The minimum Gasteiger partial charge on any atom is -0.348 e. The molecule has 0 bridgehead atoms. The fourth-order valence-electron chi connectivity index (χ4n) is 2.65. The first-order chi connectivity index (χ1) is 12.7. The molecule has 0 radical (unpaired) electrons. The monoisotopic (exact) mass is 390 g/mol. The lowest BCUT2D eigenvalue weighted by Gasteiger charge is -2.15. The van der Waals surface area contributed by atoms with E-state index in [-0.39, 0.29) is 22.9 Å². The second-order valence-corrected chi connectivity index (χ2v) is 7.65. The summed E-state index contributed by atoms with van der Waals surface area (Å²) in [5.41, 5.74) is 0.789. The average molecular weight is 390 g/mol. The Morgan fingerprint density at radius 3 is 2.59 bits per heavy atom. The zero-order chi connectivity index (χ0) is 19.8. The number of fused-ring (bicyclic) bond motifs is 1. The van der Waals surface area contributed by atoms with Gasteiger partial charge < -0.3 is 5.32 Å². The van der Waals surface area contributed by atoms with E-state index in [1.165, 1.54) is 33.9 Å². The Hall–Kier alpha value is -3.05. The molecular formula is C16H18N6O4S. The van der Waals surface area contributed by atoms with Crippen molar-refractivity contribution < 1.29 is 13.2 Å². The molecule has 0 fully saturated rings. The number of hydrogen-bond acceptors (Lipinski definition) is 6. The summed E-state index contributed by atoms with van der Waals surface area (Å²) in [5, 5.41) is 12.1. The second-order valence-electron chi connectivity index (χ2n) is 6.09. The van der Waals surface area contributed by atoms with Crippen molar-refractivity contribution in [1.29, 1.82) is 0 Å². The van der Waals surface area contributed by atoms with Gasteiger partial charge in [-0.05, 0) is 24.6 Å². The van der Waals surface area contributed by atoms with E-state index >= 15 is 0 Å². The number of primary sulfonamides is 1. The highest BCUT2D eigenvalue weighted by Gasteiger charge is 2.14. The molecule has 3 N–H and O–H groups in total. The number of carbonyl (C=O) groups excluding carboxylic acids is 1. The maximum atomic E-state index is 12.4. The third-order valence-electron chi connectivity index (χ3n) is 4.12. The Morgan fingerprint density at radius 1 is 1.30 bits per heavy atom. The summed E-state index contributed by atoms with van der Waals surface area (Å²) in [4.78, 5) is 28.8. The Kier molecular flexibility index (Phi) is 4.81. The van der Waals surface area contributed by atoms with Crippen LogP contribution in [0.25, 0.3) is 11.0 Å². The van der Waals surface area contributed by atoms with Gasteiger partial charge in [-0.15, -0.1) is 0 Å². The third kappa shape index (κ3) is 3.88. The van der Waals surface area contributed by atoms with Gasteiger partial charge in [0.1, 0.15) is 18.3 Å². The van der Waals surface area contributed by atoms with Crippen molar-refractivity contribution in [2.24, 2.45) is 12.2 Å². The van der Waals surface area contributed by atoms with Crippen LogP contribution in [0.1, 0.15) is 18.5 Å². The molecule has 0 aliphatic carbocycles. The van der Waals surface area contributed by atoms with E-state index in [4.69, 9.17) is 5.14 Å². The number of aryl methyl sites for hydroxylation is 1. The first-order valence-electron chi connectivity index (χ1n) is 7.96. The van der Waals surface area contributed by atoms with Gasteiger partial charge in [0.25, 0.3) is 5.56 Å². The maximum Gasteiger partial charge on any atom is 0.264 e. The highest BCUT2D eigenvalue weighted by Crippen LogP contribution is 2.15. The first-order valence-corrected chi connectivity index (χ1v) is 9.50. The Balaban J connectivity index is 1.72. The fourth-order valence-corrected chi connectivity index (χ4v) is 3.17. The first kappa shape index (κ1) is 18.7. The van der Waals surface area contributed by atoms with Gasteiger partial charge in [-0.25, -0.2) is 18.5 Å². The van der Waals surface area contributed by atoms with Gasteiger partial charge in [-0.2, -0.15) is 5.10 Å². The van der Waals surface area contributed by atoms with E-state index in [2.05, 4.69) is 15.4 Å². The van der Waals surface area contributed by atoms with E-state index in [1.54, 1.807) is 26.1 Å². The number of nitrogens with one attached hydrogen (secondary N) is 1. The minimum absolute atomic E-state index is 0.00724. The van der Waals surface area contributed by atoms with E-state index in [0.29, 0.717) is 16.6 Å². The summed E-state index contributed by atoms with van der Waals surface area (Å²) < 4.78 is 25.3. The van der Waals surface area contributed by atoms with Crippen LogP contribution in [0.3, 0.4) is 0 Å². The van der Waals surface area contributed by atoms with Crippen LogP contribution in [0.4, 0.5) is 0 Å². The molecule has 1 aromatic carbocycles. The van der Waals surface area contributed by atoms with Crippen LogP contribution in [-0.4, -0.2) is 33.7 Å². The van der Waals surface area contributed by atoms with Gasteiger partial charge in [0, 0.05) is 7.05 Å². The highest BCUT2D eigenvalue weighted by atomic mass is 32.2. The predicted octanol–water partition coefficient (Wildman–Crippen LogP) is -0.345. The van der Waals surface area contributed by atoms with Gasteiger partial charge in [0.2, 0.25) is 15.9 Å². The summed E-state index contributed by atoms with van der Waals surface area (Å²) in [6.07, 6.45) is 2.71. The molecular weight excluding hydrogens is 372 g/mol. The molecule has 10 nitrogen and oxygen atoms in total. The Bertz CT molecular complexity index is 1160. The van der Waals surface area contributed by atoms with Crippen LogP contribution in [0.15, 0.2) is 46.5 Å².